The molecule has 0 heterocycles. The summed E-state index contributed by atoms with van der Waals surface area (Å²) >= 11 is 5.89. The second kappa shape index (κ2) is 6.79. The number of aliphatic hydroxyl groups is 2. The molecule has 0 fully saturated rings. The second-order valence-corrected chi connectivity index (χ2v) is 5.83. The molecule has 5 heteroatoms. The monoisotopic (exact) mass is 352 g/mol. The molecule has 0 atom stereocenters. The first-order valence-corrected chi connectivity index (χ1v) is 7.82. The van der Waals surface area contributed by atoms with Crippen molar-refractivity contribution in [2.75, 3.05) is 0 Å². The van der Waals surface area contributed by atoms with Crippen molar-refractivity contribution in [2.45, 2.75) is 0 Å². The molecule has 0 amide bonds. The minimum Gasteiger partial charge on any atom is -0.504 e. The van der Waals surface area contributed by atoms with Crippen LogP contribution in [0.4, 0.5) is 0 Å². The van der Waals surface area contributed by atoms with Crippen LogP contribution in [0.2, 0.25) is 5.02 Å². The third-order valence-electron chi connectivity index (χ3n) is 3.75. The quantitative estimate of drug-likeness (QED) is 0.808. The summed E-state index contributed by atoms with van der Waals surface area (Å²) in [6, 6.07) is 15.2. The molecule has 0 aromatic heterocycles. The summed E-state index contributed by atoms with van der Waals surface area (Å²) in [7, 11) is 0. The highest BCUT2D eigenvalue weighted by molar-refractivity contribution is 6.39. The van der Waals surface area contributed by atoms with Crippen molar-refractivity contribution in [2.24, 2.45) is 0 Å². The zero-order valence-corrected chi connectivity index (χ0v) is 13.7. The van der Waals surface area contributed by atoms with Gasteiger partial charge >= 0.3 is 0 Å². The highest BCUT2D eigenvalue weighted by Gasteiger charge is 2.34. The Kier molecular flexibility index (Phi) is 4.55. The zero-order chi connectivity index (χ0) is 18.0. The van der Waals surface area contributed by atoms with Crippen LogP contribution in [0.3, 0.4) is 0 Å². The molecule has 3 rings (SSSR count). The van der Waals surface area contributed by atoms with Gasteiger partial charge in [0.15, 0.2) is 11.5 Å². The van der Waals surface area contributed by atoms with E-state index in [9.17, 15) is 19.8 Å². The predicted molar refractivity (Wildman–Crippen MR) is 96.1 cm³/mol. The zero-order valence-electron chi connectivity index (χ0n) is 12.9. The van der Waals surface area contributed by atoms with Crippen LogP contribution in [0, 0.1) is 0 Å². The maximum Gasteiger partial charge on any atom is 0.232 e. The van der Waals surface area contributed by atoms with Gasteiger partial charge < -0.3 is 10.2 Å². The van der Waals surface area contributed by atoms with Gasteiger partial charge in [0.05, 0.1) is 11.1 Å². The van der Waals surface area contributed by atoms with Crippen molar-refractivity contribution < 1.29 is 19.8 Å². The molecule has 4 nitrogen and oxygen atoms in total. The number of Topliss-reactive ketones (excluding diaryl/α,β-unsaturated/α-hetero) is 2. The number of allylic oxidation sites excluding steroid dienone is 3. The van der Waals surface area contributed by atoms with Crippen molar-refractivity contribution in [1.82, 2.24) is 0 Å². The van der Waals surface area contributed by atoms with E-state index in [0.717, 1.165) is 5.56 Å². The lowest BCUT2D eigenvalue weighted by molar-refractivity contribution is -0.118. The van der Waals surface area contributed by atoms with Gasteiger partial charge in [-0.25, -0.2) is 0 Å². The first kappa shape index (κ1) is 16.7. The van der Waals surface area contributed by atoms with Crippen molar-refractivity contribution in [1.29, 1.82) is 0 Å². The van der Waals surface area contributed by atoms with Crippen LogP contribution < -0.4 is 0 Å². The highest BCUT2D eigenvalue weighted by Crippen LogP contribution is 2.31. The number of ketones is 2. The van der Waals surface area contributed by atoms with Crippen LogP contribution in [0.25, 0.3) is 11.6 Å². The largest absolute Gasteiger partial charge is 0.504 e. The average Bonchev–Trinajstić information content (AvgIpc) is 2.61. The fourth-order valence-corrected chi connectivity index (χ4v) is 2.70. The SMILES string of the molecule is O=C1C(O)=C(c2cccc(Cl)c2)C(=O)C(O)=C1C=Cc1ccccc1. The van der Waals surface area contributed by atoms with Crippen molar-refractivity contribution in [3.63, 3.8) is 0 Å². The third-order valence-corrected chi connectivity index (χ3v) is 3.98. The molecule has 0 bridgehead atoms. The number of carbonyl (C=O) groups excluding carboxylic acids is 2. The van der Waals surface area contributed by atoms with E-state index in [4.69, 9.17) is 11.6 Å². The molecule has 1 aliphatic rings. The summed E-state index contributed by atoms with van der Waals surface area (Å²) in [4.78, 5) is 24.9. The Labute approximate surface area is 149 Å². The topological polar surface area (TPSA) is 74.6 Å². The molecule has 0 spiro atoms. The second-order valence-electron chi connectivity index (χ2n) is 5.40. The Balaban J connectivity index is 2.01. The maximum absolute atomic E-state index is 12.5. The fourth-order valence-electron chi connectivity index (χ4n) is 2.51. The average molecular weight is 353 g/mol. The molecular weight excluding hydrogens is 340 g/mol. The lowest BCUT2D eigenvalue weighted by atomic mass is 9.89. The summed E-state index contributed by atoms with van der Waals surface area (Å²) in [5.74, 6) is -3.06. The number of aliphatic hydroxyl groups excluding tert-OH is 2. The molecule has 0 unspecified atom stereocenters. The van der Waals surface area contributed by atoms with Gasteiger partial charge in [0, 0.05) is 5.02 Å². The van der Waals surface area contributed by atoms with Crippen molar-refractivity contribution in [3.8, 4) is 0 Å². The minimum atomic E-state index is -0.827. The number of rotatable bonds is 3. The van der Waals surface area contributed by atoms with E-state index in [1.807, 2.05) is 18.2 Å². The molecule has 2 aromatic rings. The molecule has 25 heavy (non-hydrogen) atoms. The van der Waals surface area contributed by atoms with Gasteiger partial charge in [-0.05, 0) is 29.3 Å². The van der Waals surface area contributed by atoms with Gasteiger partial charge in [-0.2, -0.15) is 0 Å². The molecule has 2 N–H and O–H groups in total. The van der Waals surface area contributed by atoms with Crippen LogP contribution >= 0.6 is 11.6 Å². The van der Waals surface area contributed by atoms with Gasteiger partial charge in [-0.3, -0.25) is 9.59 Å². The Morgan fingerprint density at radius 3 is 2.20 bits per heavy atom. The van der Waals surface area contributed by atoms with Crippen molar-refractivity contribution >= 4 is 34.8 Å². The standard InChI is InChI=1S/C20H13ClO4/c21-14-8-4-7-13(11-14)16-19(24)17(22)15(18(23)20(16)25)10-9-12-5-2-1-3-6-12/h1-11,22,25H. The Bertz CT molecular complexity index is 953. The molecule has 1 aliphatic carbocycles. The molecule has 0 aliphatic heterocycles. The Hall–Kier alpha value is -3.11. The van der Waals surface area contributed by atoms with Crippen LogP contribution in [0.5, 0.6) is 0 Å². The summed E-state index contributed by atoms with van der Waals surface area (Å²) in [5.41, 5.74) is 0.534. The highest BCUT2D eigenvalue weighted by atomic mass is 35.5. The van der Waals surface area contributed by atoms with Gasteiger partial charge in [0.1, 0.15) is 0 Å². The first-order chi connectivity index (χ1) is 12.0. The van der Waals surface area contributed by atoms with Crippen LogP contribution in [-0.2, 0) is 9.59 Å². The third kappa shape index (κ3) is 3.25. The smallest absolute Gasteiger partial charge is 0.232 e. The first-order valence-electron chi connectivity index (χ1n) is 7.44. The maximum atomic E-state index is 12.5. The van der Waals surface area contributed by atoms with E-state index in [0.29, 0.717) is 5.02 Å². The molecular formula is C20H13ClO4. The summed E-state index contributed by atoms with van der Waals surface area (Å²) in [6.07, 6.45) is 2.89. The minimum absolute atomic E-state index is 0.253. The van der Waals surface area contributed by atoms with Gasteiger partial charge in [0.2, 0.25) is 11.6 Å². The Morgan fingerprint density at radius 2 is 1.52 bits per heavy atom. The number of hydrogen-bond donors (Lipinski definition) is 2. The predicted octanol–water partition coefficient (Wildman–Crippen LogP) is 4.29. The van der Waals surface area contributed by atoms with Gasteiger partial charge in [0.25, 0.3) is 0 Å². The van der Waals surface area contributed by atoms with Crippen LogP contribution in [0.1, 0.15) is 11.1 Å². The number of benzene rings is 2. The van der Waals surface area contributed by atoms with Crippen LogP contribution in [-0.4, -0.2) is 21.8 Å². The van der Waals surface area contributed by atoms with E-state index in [1.54, 1.807) is 30.3 Å². The van der Waals surface area contributed by atoms with E-state index >= 15 is 0 Å². The summed E-state index contributed by atoms with van der Waals surface area (Å²) in [6.45, 7) is 0. The summed E-state index contributed by atoms with van der Waals surface area (Å²) < 4.78 is 0. The number of halogens is 1. The van der Waals surface area contributed by atoms with E-state index < -0.39 is 23.1 Å². The van der Waals surface area contributed by atoms with Gasteiger partial charge in [-0.15, -0.1) is 0 Å². The molecule has 0 saturated heterocycles. The van der Waals surface area contributed by atoms with E-state index in [-0.39, 0.29) is 16.7 Å². The van der Waals surface area contributed by atoms with Crippen LogP contribution in [0.15, 0.2) is 77.8 Å². The lowest BCUT2D eigenvalue weighted by Crippen LogP contribution is -2.22. The van der Waals surface area contributed by atoms with E-state index in [2.05, 4.69) is 0 Å². The van der Waals surface area contributed by atoms with E-state index in [1.165, 1.54) is 18.2 Å². The van der Waals surface area contributed by atoms with Crippen molar-refractivity contribution in [3.05, 3.63) is 93.9 Å². The fraction of sp³-hybridized carbons (Fsp3) is 0. The number of hydrogen-bond acceptors (Lipinski definition) is 4. The molecule has 0 saturated carbocycles. The molecule has 2 aromatic carbocycles. The van der Waals surface area contributed by atoms with Gasteiger partial charge in [-0.1, -0.05) is 60.1 Å². The lowest BCUT2D eigenvalue weighted by Gasteiger charge is -2.16. The molecule has 124 valence electrons. The number of carbonyl (C=O) groups is 2. The summed E-state index contributed by atoms with van der Waals surface area (Å²) in [5, 5.41) is 20.8. The normalized spacial score (nSPS) is 15.4. The molecule has 0 radical (unpaired) electrons. The Morgan fingerprint density at radius 1 is 0.800 bits per heavy atom.